The Morgan fingerprint density at radius 2 is 1.89 bits per heavy atom. The van der Waals surface area contributed by atoms with Crippen LogP contribution in [0.2, 0.25) is 0 Å². The van der Waals surface area contributed by atoms with Crippen molar-refractivity contribution in [1.82, 2.24) is 5.32 Å². The van der Waals surface area contributed by atoms with Crippen LogP contribution in [-0.4, -0.2) is 31.1 Å². The van der Waals surface area contributed by atoms with E-state index in [-0.39, 0.29) is 18.2 Å². The maximum Gasteiger partial charge on any atom is 0.251 e. The van der Waals surface area contributed by atoms with Crippen LogP contribution in [0.1, 0.15) is 29.8 Å². The summed E-state index contributed by atoms with van der Waals surface area (Å²) >= 11 is 0. The first-order valence-electron chi connectivity index (χ1n) is 8.86. The molecule has 1 unspecified atom stereocenters. The van der Waals surface area contributed by atoms with Crippen molar-refractivity contribution in [2.24, 2.45) is 0 Å². The highest BCUT2D eigenvalue weighted by atomic mass is 19.1. The van der Waals surface area contributed by atoms with Gasteiger partial charge in [-0.1, -0.05) is 0 Å². The van der Waals surface area contributed by atoms with Gasteiger partial charge in [0, 0.05) is 29.7 Å². The van der Waals surface area contributed by atoms with Gasteiger partial charge in [-0.3, -0.25) is 9.59 Å². The summed E-state index contributed by atoms with van der Waals surface area (Å²) in [4.78, 5) is 24.2. The van der Waals surface area contributed by atoms with E-state index in [2.05, 4.69) is 10.6 Å². The fourth-order valence-electron chi connectivity index (χ4n) is 2.95. The van der Waals surface area contributed by atoms with E-state index in [0.717, 1.165) is 24.1 Å². The number of halogens is 2. The molecule has 2 aromatic carbocycles. The Bertz CT molecular complexity index is 897. The Balaban J connectivity index is 1.66. The van der Waals surface area contributed by atoms with Crippen molar-refractivity contribution in [1.29, 1.82) is 0 Å². The molecule has 0 fully saturated rings. The van der Waals surface area contributed by atoms with E-state index in [1.807, 2.05) is 19.9 Å². The Morgan fingerprint density at radius 1 is 1.18 bits per heavy atom. The third kappa shape index (κ3) is 4.57. The molecule has 0 bridgehead atoms. The molecule has 0 aromatic heterocycles. The van der Waals surface area contributed by atoms with Crippen LogP contribution in [0, 0.1) is 11.6 Å². The van der Waals surface area contributed by atoms with E-state index in [9.17, 15) is 18.4 Å². The van der Waals surface area contributed by atoms with Crippen LogP contribution in [0.4, 0.5) is 14.5 Å². The Hall–Kier alpha value is -3.16. The second-order valence-corrected chi connectivity index (χ2v) is 6.41. The first-order valence-corrected chi connectivity index (χ1v) is 8.86. The molecule has 28 heavy (non-hydrogen) atoms. The van der Waals surface area contributed by atoms with Crippen molar-refractivity contribution < 1.29 is 27.8 Å². The smallest absolute Gasteiger partial charge is 0.251 e. The van der Waals surface area contributed by atoms with Gasteiger partial charge in [0.1, 0.15) is 29.2 Å². The highest BCUT2D eigenvalue weighted by Crippen LogP contribution is 2.37. The van der Waals surface area contributed by atoms with Crippen molar-refractivity contribution in [3.8, 4) is 11.5 Å². The maximum atomic E-state index is 13.2. The molecule has 1 aliphatic rings. The predicted molar refractivity (Wildman–Crippen MR) is 98.7 cm³/mol. The van der Waals surface area contributed by atoms with E-state index in [1.54, 1.807) is 6.07 Å². The van der Waals surface area contributed by atoms with Gasteiger partial charge < -0.3 is 20.1 Å². The number of rotatable bonds is 6. The molecule has 2 amide bonds. The summed E-state index contributed by atoms with van der Waals surface area (Å²) in [7, 11) is 0. The monoisotopic (exact) mass is 390 g/mol. The van der Waals surface area contributed by atoms with Crippen LogP contribution in [-0.2, 0) is 11.2 Å². The fraction of sp³-hybridized carbons (Fsp3) is 0.300. The number of anilines is 1. The number of fused-ring (bicyclic) bond motifs is 1. The predicted octanol–water partition coefficient (Wildman–Crippen LogP) is 3.06. The number of carbonyl (C=O) groups excluding carboxylic acids is 2. The highest BCUT2D eigenvalue weighted by Gasteiger charge is 2.22. The molecule has 0 saturated heterocycles. The molecule has 8 heteroatoms. The summed E-state index contributed by atoms with van der Waals surface area (Å²) in [5, 5.41) is 4.99. The molecule has 2 N–H and O–H groups in total. The molecular formula is C20H20F2N2O4. The van der Waals surface area contributed by atoms with Gasteiger partial charge in [0.2, 0.25) is 5.91 Å². The lowest BCUT2D eigenvalue weighted by Crippen LogP contribution is -2.33. The quantitative estimate of drug-likeness (QED) is 0.795. The second-order valence-electron chi connectivity index (χ2n) is 6.41. The van der Waals surface area contributed by atoms with Crippen molar-refractivity contribution in [2.45, 2.75) is 26.4 Å². The Kier molecular flexibility index (Phi) is 5.77. The minimum absolute atomic E-state index is 0.0429. The van der Waals surface area contributed by atoms with Crippen LogP contribution in [0.3, 0.4) is 0 Å². The van der Waals surface area contributed by atoms with Crippen LogP contribution >= 0.6 is 0 Å². The van der Waals surface area contributed by atoms with Crippen LogP contribution < -0.4 is 20.1 Å². The number of carbonyl (C=O) groups is 2. The lowest BCUT2D eigenvalue weighted by atomic mass is 10.1. The van der Waals surface area contributed by atoms with Crippen LogP contribution in [0.15, 0.2) is 30.3 Å². The molecule has 1 atom stereocenters. The van der Waals surface area contributed by atoms with Crippen LogP contribution in [0.5, 0.6) is 11.5 Å². The second kappa shape index (κ2) is 8.24. The lowest BCUT2D eigenvalue weighted by Gasteiger charge is -2.14. The summed E-state index contributed by atoms with van der Waals surface area (Å²) in [6.07, 6.45) is 0.797. The third-order valence-electron chi connectivity index (χ3n) is 4.11. The molecule has 1 aliphatic heterocycles. The van der Waals surface area contributed by atoms with Gasteiger partial charge in [0.25, 0.3) is 5.91 Å². The molecule has 148 valence electrons. The summed E-state index contributed by atoms with van der Waals surface area (Å²) in [6, 6.07) is 5.96. The number of hydrogen-bond donors (Lipinski definition) is 2. The lowest BCUT2D eigenvalue weighted by molar-refractivity contribution is -0.115. The fourth-order valence-corrected chi connectivity index (χ4v) is 2.95. The summed E-state index contributed by atoms with van der Waals surface area (Å²) in [5.41, 5.74) is 1.21. The summed E-state index contributed by atoms with van der Waals surface area (Å²) < 4.78 is 37.7. The molecule has 1 heterocycles. The topological polar surface area (TPSA) is 76.7 Å². The zero-order valence-electron chi connectivity index (χ0n) is 15.5. The van der Waals surface area contributed by atoms with Crippen molar-refractivity contribution in [3.63, 3.8) is 0 Å². The molecule has 0 aliphatic carbocycles. The SMILES string of the molecule is CCOc1cc2c(cc1NC(=O)CNC(=O)c1cc(F)cc(F)c1)OC(C)C2. The van der Waals surface area contributed by atoms with Gasteiger partial charge in [-0.15, -0.1) is 0 Å². The van der Waals surface area contributed by atoms with Crippen molar-refractivity contribution in [2.75, 3.05) is 18.5 Å². The average Bonchev–Trinajstić information content (AvgIpc) is 2.98. The zero-order chi connectivity index (χ0) is 20.3. The van der Waals surface area contributed by atoms with E-state index < -0.39 is 23.4 Å². The Labute approximate surface area is 160 Å². The number of amides is 2. The van der Waals surface area contributed by atoms with Gasteiger partial charge in [0.15, 0.2) is 0 Å². The van der Waals surface area contributed by atoms with E-state index >= 15 is 0 Å². The first-order chi connectivity index (χ1) is 13.4. The summed E-state index contributed by atoms with van der Waals surface area (Å²) in [6.45, 7) is 3.82. The number of benzene rings is 2. The first kappa shape index (κ1) is 19.6. The molecule has 0 saturated carbocycles. The number of ether oxygens (including phenoxy) is 2. The van der Waals surface area contributed by atoms with E-state index in [1.165, 1.54) is 0 Å². The van der Waals surface area contributed by atoms with Gasteiger partial charge in [-0.2, -0.15) is 0 Å². The van der Waals surface area contributed by atoms with E-state index in [4.69, 9.17) is 9.47 Å². The number of hydrogen-bond acceptors (Lipinski definition) is 4. The molecule has 3 rings (SSSR count). The van der Waals surface area contributed by atoms with Crippen molar-refractivity contribution >= 4 is 17.5 Å². The minimum atomic E-state index is -0.872. The third-order valence-corrected chi connectivity index (χ3v) is 4.11. The largest absolute Gasteiger partial charge is 0.492 e. The Morgan fingerprint density at radius 3 is 2.57 bits per heavy atom. The molecule has 0 radical (unpaired) electrons. The number of nitrogens with one attached hydrogen (secondary N) is 2. The van der Waals surface area contributed by atoms with Crippen LogP contribution in [0.25, 0.3) is 0 Å². The maximum absolute atomic E-state index is 13.2. The minimum Gasteiger partial charge on any atom is -0.492 e. The van der Waals surface area contributed by atoms with E-state index in [0.29, 0.717) is 29.9 Å². The molecular weight excluding hydrogens is 370 g/mol. The van der Waals surface area contributed by atoms with Gasteiger partial charge >= 0.3 is 0 Å². The highest BCUT2D eigenvalue weighted by molar-refractivity contribution is 6.00. The van der Waals surface area contributed by atoms with Gasteiger partial charge in [0.05, 0.1) is 18.8 Å². The normalized spacial score (nSPS) is 14.8. The standard InChI is InChI=1S/C20H20F2N2O4/c1-3-27-18-7-12-4-11(2)28-17(12)9-16(18)24-19(25)10-23-20(26)13-5-14(21)8-15(22)6-13/h5-9,11H,3-4,10H2,1-2H3,(H,23,26)(H,24,25). The average molecular weight is 390 g/mol. The molecule has 0 spiro atoms. The van der Waals surface area contributed by atoms with Crippen molar-refractivity contribution in [3.05, 3.63) is 53.1 Å². The molecule has 6 nitrogen and oxygen atoms in total. The van der Waals surface area contributed by atoms with Gasteiger partial charge in [-0.25, -0.2) is 8.78 Å². The van der Waals surface area contributed by atoms with Gasteiger partial charge in [-0.05, 0) is 32.0 Å². The summed E-state index contributed by atoms with van der Waals surface area (Å²) in [5.74, 6) is -1.84. The zero-order valence-corrected chi connectivity index (χ0v) is 15.5. The molecule has 2 aromatic rings.